The summed E-state index contributed by atoms with van der Waals surface area (Å²) in [5.74, 6) is 0. The zero-order chi connectivity index (χ0) is 26.5. The average Bonchev–Trinajstić information content (AvgIpc) is 3.03. The third kappa shape index (κ3) is 3.87. The first-order valence-corrected chi connectivity index (χ1v) is 14.0. The molecule has 0 unspecified atom stereocenters. The van der Waals surface area contributed by atoms with E-state index in [1.54, 1.807) is 0 Å². The van der Waals surface area contributed by atoms with Crippen molar-refractivity contribution in [3.63, 3.8) is 0 Å². The minimum atomic E-state index is 1.10. The molecule has 0 radical (unpaired) electrons. The third-order valence-corrected chi connectivity index (χ3v) is 8.34. The molecule has 0 nitrogen and oxygen atoms in total. The number of rotatable bonds is 3. The van der Waals surface area contributed by atoms with Crippen LogP contribution in [0.2, 0.25) is 0 Å². The first-order chi connectivity index (χ1) is 19.8. The molecule has 7 aromatic carbocycles. The van der Waals surface area contributed by atoms with Crippen LogP contribution < -0.4 is 0 Å². The van der Waals surface area contributed by atoms with Crippen LogP contribution in [0, 0.1) is 12.1 Å². The summed E-state index contributed by atoms with van der Waals surface area (Å²) in [6.45, 7) is 0. The second-order valence-corrected chi connectivity index (χ2v) is 10.7. The van der Waals surface area contributed by atoms with E-state index in [1.165, 1.54) is 71.4 Å². The van der Waals surface area contributed by atoms with Crippen LogP contribution in [0.5, 0.6) is 0 Å². The maximum Gasteiger partial charge on any atom is 0.0327 e. The highest BCUT2D eigenvalue weighted by Gasteiger charge is 2.14. The first-order valence-electron chi connectivity index (χ1n) is 14.0. The number of hydrogen-bond acceptors (Lipinski definition) is 0. The Hall–Kier alpha value is -5.12. The third-order valence-electron chi connectivity index (χ3n) is 8.34. The molecule has 1 aliphatic rings. The second-order valence-electron chi connectivity index (χ2n) is 10.7. The molecule has 0 N–H and O–H groups in total. The van der Waals surface area contributed by atoms with Crippen LogP contribution in [-0.4, -0.2) is 0 Å². The quantitative estimate of drug-likeness (QED) is 0.224. The summed E-state index contributed by atoms with van der Waals surface area (Å²) in [7, 11) is 0. The normalized spacial score (nSPS) is 12.5. The predicted molar refractivity (Wildman–Crippen MR) is 170 cm³/mol. The Morgan fingerprint density at radius 1 is 0.525 bits per heavy atom. The minimum absolute atomic E-state index is 1.10. The van der Waals surface area contributed by atoms with E-state index in [4.69, 9.17) is 0 Å². The van der Waals surface area contributed by atoms with Crippen LogP contribution in [-0.2, 0) is 6.42 Å². The molecule has 8 rings (SSSR count). The van der Waals surface area contributed by atoms with Crippen molar-refractivity contribution < 1.29 is 0 Å². The summed E-state index contributed by atoms with van der Waals surface area (Å²) in [4.78, 5) is 0. The highest BCUT2D eigenvalue weighted by Crippen LogP contribution is 2.38. The largest absolute Gasteiger partial charge is 0.0836 e. The Balaban J connectivity index is 1.19. The van der Waals surface area contributed by atoms with Crippen LogP contribution in [0.3, 0.4) is 0 Å². The maximum absolute atomic E-state index is 3.24. The van der Waals surface area contributed by atoms with Crippen LogP contribution in [0.1, 0.15) is 17.5 Å². The fourth-order valence-electron chi connectivity index (χ4n) is 6.27. The van der Waals surface area contributed by atoms with E-state index in [-0.39, 0.29) is 0 Å². The molecule has 0 saturated carbocycles. The lowest BCUT2D eigenvalue weighted by molar-refractivity contribution is 0.997. The number of aryl methyl sites for hydroxylation is 1. The molecular weight excluding hydrogens is 480 g/mol. The van der Waals surface area contributed by atoms with E-state index in [0.717, 1.165) is 18.2 Å². The van der Waals surface area contributed by atoms with Crippen molar-refractivity contribution in [1.82, 2.24) is 0 Å². The number of allylic oxidation sites excluding steroid dienone is 1. The Labute approximate surface area is 234 Å². The van der Waals surface area contributed by atoms with Gasteiger partial charge in [-0.3, -0.25) is 0 Å². The fourth-order valence-corrected chi connectivity index (χ4v) is 6.27. The first kappa shape index (κ1) is 22.8. The van der Waals surface area contributed by atoms with Crippen molar-refractivity contribution in [1.29, 1.82) is 0 Å². The zero-order valence-corrected chi connectivity index (χ0v) is 22.1. The molecule has 0 saturated heterocycles. The van der Waals surface area contributed by atoms with Gasteiger partial charge in [-0.1, -0.05) is 103 Å². The van der Waals surface area contributed by atoms with E-state index in [0.29, 0.717) is 0 Å². The van der Waals surface area contributed by atoms with Crippen molar-refractivity contribution >= 4 is 38.4 Å². The monoisotopic (exact) mass is 506 g/mol. The lowest BCUT2D eigenvalue weighted by Crippen LogP contribution is -1.97. The molecule has 0 aromatic heterocycles. The molecule has 186 valence electrons. The van der Waals surface area contributed by atoms with Gasteiger partial charge in [0.05, 0.1) is 0 Å². The Kier molecular flexibility index (Phi) is 5.29. The van der Waals surface area contributed by atoms with E-state index in [9.17, 15) is 0 Å². The number of fused-ring (bicyclic) bond motifs is 5. The van der Waals surface area contributed by atoms with Crippen molar-refractivity contribution in [3.8, 4) is 33.4 Å². The summed E-state index contributed by atoms with van der Waals surface area (Å²) in [5.41, 5.74) is 10.3. The minimum Gasteiger partial charge on any atom is -0.0836 e. The van der Waals surface area contributed by atoms with Crippen molar-refractivity contribution in [2.75, 3.05) is 0 Å². The Morgan fingerprint density at radius 2 is 1.23 bits per heavy atom. The fraction of sp³-hybridized carbons (Fsp3) is 0.0500. The molecule has 0 fully saturated rings. The molecular formula is C40H26. The van der Waals surface area contributed by atoms with Crippen molar-refractivity contribution in [2.24, 2.45) is 0 Å². The topological polar surface area (TPSA) is 0 Å². The van der Waals surface area contributed by atoms with Gasteiger partial charge in [-0.2, -0.15) is 0 Å². The van der Waals surface area contributed by atoms with Crippen LogP contribution >= 0.6 is 0 Å². The van der Waals surface area contributed by atoms with Gasteiger partial charge in [-0.15, -0.1) is 0 Å². The standard InChI is InChI=1S/C40H26/c1-2-9-28-22-31(17-16-27(28)8-1)33-21-20-32-23-30(18-19-34(32)24-33)29-11-7-12-35(25-29)40-26-36-10-3-4-13-37(36)38-14-5-6-15-39(38)40/h1,3,5-8,10-12,14-26H,4,13H2. The van der Waals surface area contributed by atoms with Gasteiger partial charge in [0.2, 0.25) is 0 Å². The van der Waals surface area contributed by atoms with Crippen molar-refractivity contribution in [3.05, 3.63) is 151 Å². The maximum atomic E-state index is 3.24. The zero-order valence-electron chi connectivity index (χ0n) is 22.1. The Bertz CT molecular complexity index is 2110. The number of hydrogen-bond donors (Lipinski definition) is 0. The highest BCUT2D eigenvalue weighted by atomic mass is 14.2. The summed E-state index contributed by atoms with van der Waals surface area (Å²) in [5, 5.41) is 7.50. The lowest BCUT2D eigenvalue weighted by Gasteiger charge is -2.18. The number of benzene rings is 6. The Morgan fingerprint density at radius 3 is 2.05 bits per heavy atom. The molecule has 0 atom stereocenters. The van der Waals surface area contributed by atoms with E-state index >= 15 is 0 Å². The molecule has 0 bridgehead atoms. The van der Waals surface area contributed by atoms with E-state index in [1.807, 2.05) is 6.07 Å². The molecule has 0 spiro atoms. The SMILES string of the molecule is c1ccc2ccc(-c3ccc4cc(-c5cccc(-c6cc7c(c8ccccc68)CCC=C7)c5)ccc4c3)cc2c#1. The summed E-state index contributed by atoms with van der Waals surface area (Å²) < 4.78 is 0. The van der Waals surface area contributed by atoms with Gasteiger partial charge in [0.15, 0.2) is 0 Å². The summed E-state index contributed by atoms with van der Waals surface area (Å²) in [6.07, 6.45) is 6.83. The summed E-state index contributed by atoms with van der Waals surface area (Å²) >= 11 is 0. The van der Waals surface area contributed by atoms with E-state index < -0.39 is 0 Å². The van der Waals surface area contributed by atoms with Gasteiger partial charge in [-0.25, -0.2) is 0 Å². The van der Waals surface area contributed by atoms with Crippen LogP contribution in [0.15, 0.2) is 127 Å². The second kappa shape index (κ2) is 9.26. The van der Waals surface area contributed by atoms with Gasteiger partial charge in [0, 0.05) is 5.39 Å². The molecule has 40 heavy (non-hydrogen) atoms. The van der Waals surface area contributed by atoms with E-state index in [2.05, 4.69) is 140 Å². The average molecular weight is 507 g/mol. The predicted octanol–water partition coefficient (Wildman–Crippen LogP) is 10.7. The smallest absolute Gasteiger partial charge is 0.0327 e. The molecule has 0 heteroatoms. The molecule has 0 heterocycles. The van der Waals surface area contributed by atoms with Gasteiger partial charge < -0.3 is 0 Å². The highest BCUT2D eigenvalue weighted by molar-refractivity contribution is 6.01. The lowest BCUT2D eigenvalue weighted by atomic mass is 9.86. The molecule has 1 aliphatic carbocycles. The molecule has 0 aliphatic heterocycles. The van der Waals surface area contributed by atoms with Crippen LogP contribution in [0.25, 0.3) is 71.8 Å². The van der Waals surface area contributed by atoms with Crippen LogP contribution in [0.4, 0.5) is 0 Å². The molecule has 0 amide bonds. The summed E-state index contributed by atoms with van der Waals surface area (Å²) in [6, 6.07) is 50.7. The van der Waals surface area contributed by atoms with Gasteiger partial charge in [0.25, 0.3) is 0 Å². The van der Waals surface area contributed by atoms with Crippen molar-refractivity contribution in [2.45, 2.75) is 12.8 Å². The van der Waals surface area contributed by atoms with Gasteiger partial charge >= 0.3 is 0 Å². The molecule has 7 aromatic rings. The van der Waals surface area contributed by atoms with Gasteiger partial charge in [0.1, 0.15) is 0 Å². The van der Waals surface area contributed by atoms with Gasteiger partial charge in [-0.05, 0) is 127 Å².